The van der Waals surface area contributed by atoms with Gasteiger partial charge in [-0.15, -0.1) is 0 Å². The molecule has 0 spiro atoms. The highest BCUT2D eigenvalue weighted by Crippen LogP contribution is 2.23. The smallest absolute Gasteiger partial charge is 0.250 e. The summed E-state index contributed by atoms with van der Waals surface area (Å²) in [5.74, 6) is 0.0339. The highest BCUT2D eigenvalue weighted by molar-refractivity contribution is 6.05. The minimum atomic E-state index is -0.495. The number of aromatic nitrogens is 3. The Labute approximate surface area is 208 Å². The molecule has 5 aromatic rings. The molecule has 7 heteroatoms. The third kappa shape index (κ3) is 4.72. The molecular weight excluding hydrogens is 448 g/mol. The molecule has 0 atom stereocenters. The van der Waals surface area contributed by atoms with Crippen LogP contribution in [-0.2, 0) is 13.0 Å². The first-order valence-corrected chi connectivity index (χ1v) is 11.6. The number of nitrogens with two attached hydrogens (primary N) is 2. The van der Waals surface area contributed by atoms with Gasteiger partial charge in [0, 0.05) is 59.3 Å². The van der Waals surface area contributed by atoms with Crippen LogP contribution in [0.2, 0.25) is 0 Å². The van der Waals surface area contributed by atoms with Gasteiger partial charge in [-0.25, -0.2) is 4.98 Å². The summed E-state index contributed by atoms with van der Waals surface area (Å²) >= 11 is 0. The molecule has 0 unspecified atom stereocenters. The zero-order valence-corrected chi connectivity index (χ0v) is 20.0. The summed E-state index contributed by atoms with van der Waals surface area (Å²) in [5.41, 5.74) is 18.3. The van der Waals surface area contributed by atoms with Gasteiger partial charge in [0.25, 0.3) is 5.91 Å². The van der Waals surface area contributed by atoms with E-state index >= 15 is 0 Å². The average molecular weight is 475 g/mol. The van der Waals surface area contributed by atoms with E-state index in [0.717, 1.165) is 49.8 Å². The van der Waals surface area contributed by atoms with Crippen LogP contribution in [0.5, 0.6) is 0 Å². The highest BCUT2D eigenvalue weighted by Gasteiger charge is 2.12. The second kappa shape index (κ2) is 9.46. The minimum Gasteiger partial charge on any atom is -0.383 e. The van der Waals surface area contributed by atoms with E-state index < -0.39 is 5.91 Å². The Morgan fingerprint density at radius 1 is 0.944 bits per heavy atom. The highest BCUT2D eigenvalue weighted by atomic mass is 16.1. The number of nitrogens with zero attached hydrogens (tertiary/aromatic N) is 3. The number of hydrogen-bond donors (Lipinski definition) is 3. The van der Waals surface area contributed by atoms with Gasteiger partial charge in [-0.3, -0.25) is 14.8 Å². The van der Waals surface area contributed by atoms with Crippen molar-refractivity contribution in [1.29, 1.82) is 0 Å². The van der Waals surface area contributed by atoms with Crippen molar-refractivity contribution >= 4 is 39.1 Å². The number of nitrogen functional groups attached to an aromatic ring is 1. The van der Waals surface area contributed by atoms with Gasteiger partial charge in [0.05, 0.1) is 11.1 Å². The Morgan fingerprint density at radius 3 is 2.58 bits per heavy atom. The Hall–Kier alpha value is -4.78. The van der Waals surface area contributed by atoms with E-state index in [9.17, 15) is 4.79 Å². The molecule has 7 nitrogen and oxygen atoms in total. The molecule has 1 amide bonds. The minimum absolute atomic E-state index is 0.414. The zero-order chi connectivity index (χ0) is 25.2. The predicted molar refractivity (Wildman–Crippen MR) is 144 cm³/mol. The lowest BCUT2D eigenvalue weighted by Crippen LogP contribution is -2.13. The largest absolute Gasteiger partial charge is 0.383 e. The standard InChI is InChI=1S/C29H26N6O/c1-17-9-23-11-20(13-26(29(31)36)27(23)35-15-17)12-24-14-21(5-7-32-24)18(2)34-16-19-3-4-25-22(10-19)6-8-33-28(25)30/h3-11,13-15,34H,2,12,16H2,1H3,(H2,30,33)(H2,31,36). The van der Waals surface area contributed by atoms with Crippen LogP contribution >= 0.6 is 0 Å². The lowest BCUT2D eigenvalue weighted by atomic mass is 10.00. The molecule has 0 saturated carbocycles. The second-order valence-corrected chi connectivity index (χ2v) is 8.89. The Morgan fingerprint density at radius 2 is 1.75 bits per heavy atom. The van der Waals surface area contributed by atoms with Gasteiger partial charge in [0.1, 0.15) is 5.82 Å². The number of primary amides is 1. The normalized spacial score (nSPS) is 11.0. The number of carbonyl (C=O) groups is 1. The summed E-state index contributed by atoms with van der Waals surface area (Å²) in [6.07, 6.45) is 5.77. The first kappa shape index (κ1) is 23.0. The third-order valence-corrected chi connectivity index (χ3v) is 6.16. The molecule has 0 aliphatic heterocycles. The summed E-state index contributed by atoms with van der Waals surface area (Å²) in [6.45, 7) is 6.80. The molecule has 0 aliphatic carbocycles. The van der Waals surface area contributed by atoms with E-state index in [0.29, 0.717) is 29.9 Å². The van der Waals surface area contributed by atoms with Crippen LogP contribution < -0.4 is 16.8 Å². The number of benzene rings is 2. The summed E-state index contributed by atoms with van der Waals surface area (Å²) in [6, 6.07) is 17.8. The molecule has 0 bridgehead atoms. The molecule has 0 radical (unpaired) electrons. The van der Waals surface area contributed by atoms with Gasteiger partial charge in [0.2, 0.25) is 0 Å². The quantitative estimate of drug-likeness (QED) is 0.319. The van der Waals surface area contributed by atoms with Crippen molar-refractivity contribution in [3.63, 3.8) is 0 Å². The molecule has 178 valence electrons. The molecule has 2 aromatic carbocycles. The van der Waals surface area contributed by atoms with Crippen molar-refractivity contribution in [1.82, 2.24) is 20.3 Å². The Bertz CT molecular complexity index is 1640. The summed E-state index contributed by atoms with van der Waals surface area (Å²) < 4.78 is 0. The van der Waals surface area contributed by atoms with E-state index in [2.05, 4.69) is 32.9 Å². The molecule has 0 aliphatic rings. The number of amides is 1. The van der Waals surface area contributed by atoms with Gasteiger partial charge in [-0.2, -0.15) is 0 Å². The van der Waals surface area contributed by atoms with Crippen LogP contribution in [0.15, 0.2) is 79.8 Å². The molecule has 0 fully saturated rings. The van der Waals surface area contributed by atoms with Crippen molar-refractivity contribution in [3.05, 3.63) is 113 Å². The number of pyridine rings is 3. The maximum absolute atomic E-state index is 12.1. The van der Waals surface area contributed by atoms with E-state index in [1.165, 1.54) is 0 Å². The van der Waals surface area contributed by atoms with E-state index in [-0.39, 0.29) is 0 Å². The van der Waals surface area contributed by atoms with Crippen LogP contribution in [-0.4, -0.2) is 20.9 Å². The van der Waals surface area contributed by atoms with Gasteiger partial charge < -0.3 is 16.8 Å². The van der Waals surface area contributed by atoms with Crippen LogP contribution in [0.25, 0.3) is 27.4 Å². The molecule has 0 saturated heterocycles. The van der Waals surface area contributed by atoms with Crippen molar-refractivity contribution in [3.8, 4) is 0 Å². The number of rotatable bonds is 7. The monoisotopic (exact) mass is 474 g/mol. The van der Waals surface area contributed by atoms with Gasteiger partial charge >= 0.3 is 0 Å². The molecule has 36 heavy (non-hydrogen) atoms. The molecule has 5 rings (SSSR count). The summed E-state index contributed by atoms with van der Waals surface area (Å²) in [5, 5.41) is 6.28. The summed E-state index contributed by atoms with van der Waals surface area (Å²) in [4.78, 5) is 25.1. The number of carbonyl (C=O) groups excluding carboxylic acids is 1. The second-order valence-electron chi connectivity index (χ2n) is 8.89. The number of anilines is 1. The molecular formula is C29H26N6O. The van der Waals surface area contributed by atoms with E-state index in [1.807, 2.05) is 49.4 Å². The third-order valence-electron chi connectivity index (χ3n) is 6.16. The van der Waals surface area contributed by atoms with Gasteiger partial charge in [0.15, 0.2) is 0 Å². The van der Waals surface area contributed by atoms with Crippen LogP contribution in [0.3, 0.4) is 0 Å². The van der Waals surface area contributed by atoms with Gasteiger partial charge in [-0.1, -0.05) is 18.7 Å². The fourth-order valence-electron chi connectivity index (χ4n) is 4.36. The number of nitrogens with one attached hydrogen (secondary N) is 1. The van der Waals surface area contributed by atoms with Crippen LogP contribution in [0, 0.1) is 6.92 Å². The molecule has 5 N–H and O–H groups in total. The van der Waals surface area contributed by atoms with E-state index in [1.54, 1.807) is 24.7 Å². The Kier molecular flexibility index (Phi) is 6.04. The first-order valence-electron chi connectivity index (χ1n) is 11.6. The van der Waals surface area contributed by atoms with Gasteiger partial charge in [-0.05, 0) is 71.5 Å². The van der Waals surface area contributed by atoms with Crippen molar-refractivity contribution < 1.29 is 4.79 Å². The number of aryl methyl sites for hydroxylation is 1. The number of hydrogen-bond acceptors (Lipinski definition) is 6. The van der Waals surface area contributed by atoms with E-state index in [4.69, 9.17) is 11.5 Å². The van der Waals surface area contributed by atoms with Crippen molar-refractivity contribution in [2.45, 2.75) is 19.9 Å². The maximum Gasteiger partial charge on any atom is 0.250 e. The lowest BCUT2D eigenvalue weighted by molar-refractivity contribution is 0.100. The fourth-order valence-corrected chi connectivity index (χ4v) is 4.36. The van der Waals surface area contributed by atoms with Crippen LogP contribution in [0.1, 0.15) is 38.3 Å². The fraction of sp³-hybridized carbons (Fsp3) is 0.103. The van der Waals surface area contributed by atoms with Crippen LogP contribution in [0.4, 0.5) is 5.82 Å². The topological polar surface area (TPSA) is 120 Å². The van der Waals surface area contributed by atoms with Crippen molar-refractivity contribution in [2.24, 2.45) is 5.73 Å². The predicted octanol–water partition coefficient (Wildman–Crippen LogP) is 4.52. The lowest BCUT2D eigenvalue weighted by Gasteiger charge is -2.12. The zero-order valence-electron chi connectivity index (χ0n) is 20.0. The first-order chi connectivity index (χ1) is 17.4. The molecule has 3 aromatic heterocycles. The van der Waals surface area contributed by atoms with Crippen molar-refractivity contribution in [2.75, 3.05) is 5.73 Å². The molecule has 3 heterocycles. The Balaban J connectivity index is 1.34. The maximum atomic E-state index is 12.1. The number of fused-ring (bicyclic) bond motifs is 2. The average Bonchev–Trinajstić information content (AvgIpc) is 2.86. The SMILES string of the molecule is C=C(NCc1ccc2c(N)nccc2c1)c1ccnc(Cc2cc(C(N)=O)c3ncc(C)cc3c2)c1. The summed E-state index contributed by atoms with van der Waals surface area (Å²) in [7, 11) is 0.